The molecule has 3 amide bonds. The van der Waals surface area contributed by atoms with Gasteiger partial charge in [0, 0.05) is 6.42 Å². The molecule has 0 aliphatic heterocycles. The minimum atomic E-state index is -1.55. The molecule has 36 heavy (non-hydrogen) atoms. The lowest BCUT2D eigenvalue weighted by Crippen LogP contribution is -2.59. The summed E-state index contributed by atoms with van der Waals surface area (Å²) in [7, 11) is 0. The molecule has 8 N–H and O–H groups in total. The molecule has 12 heteroatoms. The summed E-state index contributed by atoms with van der Waals surface area (Å²) in [6, 6.07) is 1.53. The topological polar surface area (TPSA) is 191 Å². The van der Waals surface area contributed by atoms with Crippen LogP contribution >= 0.6 is 11.8 Å². The van der Waals surface area contributed by atoms with Crippen LogP contribution in [-0.4, -0.2) is 81.3 Å². The van der Waals surface area contributed by atoms with Gasteiger partial charge in [0.05, 0.1) is 12.1 Å². The third-order valence-corrected chi connectivity index (χ3v) is 6.50. The van der Waals surface area contributed by atoms with Crippen LogP contribution in [0.4, 0.5) is 0 Å². The first-order valence-electron chi connectivity index (χ1n) is 11.8. The zero-order chi connectivity index (χ0) is 27.4. The van der Waals surface area contributed by atoms with E-state index in [1.807, 2.05) is 20.1 Å². The molecule has 0 radical (unpaired) electrons. The van der Waals surface area contributed by atoms with Gasteiger partial charge in [0.15, 0.2) is 6.04 Å². The highest BCUT2D eigenvalue weighted by Gasteiger charge is 2.32. The number of aliphatic carboxylic acids is 1. The van der Waals surface area contributed by atoms with Crippen molar-refractivity contribution in [1.29, 1.82) is 0 Å². The second-order valence-corrected chi connectivity index (χ2v) is 9.74. The van der Waals surface area contributed by atoms with Crippen LogP contribution < -0.4 is 21.7 Å². The molecule has 0 heterocycles. The summed E-state index contributed by atoms with van der Waals surface area (Å²) < 4.78 is 0. The van der Waals surface area contributed by atoms with Gasteiger partial charge >= 0.3 is 5.97 Å². The number of thioether (sulfide) groups is 1. The van der Waals surface area contributed by atoms with Crippen molar-refractivity contribution in [2.75, 3.05) is 12.0 Å². The predicted octanol–water partition coefficient (Wildman–Crippen LogP) is -0.0190. The van der Waals surface area contributed by atoms with E-state index in [0.717, 1.165) is 0 Å². The largest absolute Gasteiger partial charge is 0.508 e. The number of hydrogen-bond donors (Lipinski definition) is 7. The average molecular weight is 527 g/mol. The van der Waals surface area contributed by atoms with E-state index in [0.29, 0.717) is 17.7 Å². The number of carboxylic acids is 1. The third kappa shape index (κ3) is 10.0. The Labute approximate surface area is 215 Å². The van der Waals surface area contributed by atoms with Crippen molar-refractivity contribution in [3.63, 3.8) is 0 Å². The average Bonchev–Trinajstić information content (AvgIpc) is 2.83. The summed E-state index contributed by atoms with van der Waals surface area (Å²) in [4.78, 5) is 50.3. The van der Waals surface area contributed by atoms with Crippen LogP contribution in [0.3, 0.4) is 0 Å². The molecule has 0 bridgehead atoms. The first-order chi connectivity index (χ1) is 16.9. The van der Waals surface area contributed by atoms with Gasteiger partial charge in [-0.2, -0.15) is 11.8 Å². The fourth-order valence-electron chi connectivity index (χ4n) is 3.28. The van der Waals surface area contributed by atoms with Gasteiger partial charge in [-0.1, -0.05) is 32.4 Å². The molecule has 1 aromatic rings. The summed E-state index contributed by atoms with van der Waals surface area (Å²) in [5, 5.41) is 36.1. The summed E-state index contributed by atoms with van der Waals surface area (Å²) >= 11 is 1.43. The number of hydrogen-bond acceptors (Lipinski definition) is 8. The van der Waals surface area contributed by atoms with Crippen molar-refractivity contribution >= 4 is 35.5 Å². The zero-order valence-corrected chi connectivity index (χ0v) is 21.9. The van der Waals surface area contributed by atoms with E-state index in [1.165, 1.54) is 30.8 Å². The molecule has 202 valence electrons. The normalized spacial score (nSPS) is 16.1. The number of carbonyl (C=O) groups is 4. The molecule has 0 fully saturated rings. The molecule has 0 aromatic heterocycles. The van der Waals surface area contributed by atoms with E-state index in [1.54, 1.807) is 12.1 Å². The number of aromatic hydroxyl groups is 1. The third-order valence-electron chi connectivity index (χ3n) is 5.86. The second-order valence-electron chi connectivity index (χ2n) is 8.75. The SMILES string of the molecule is CCC(C)C(N)C(=O)NC(Cc1ccc(O)cc1)C(=O)NC(CCSC)C(=O)NC(C(=O)O)C(C)O. The van der Waals surface area contributed by atoms with Crippen molar-refractivity contribution in [3.05, 3.63) is 29.8 Å². The molecule has 11 nitrogen and oxygen atoms in total. The van der Waals surface area contributed by atoms with Crippen molar-refractivity contribution in [2.24, 2.45) is 11.7 Å². The number of phenolic OH excluding ortho intramolecular Hbond substituents is 1. The van der Waals surface area contributed by atoms with E-state index >= 15 is 0 Å². The smallest absolute Gasteiger partial charge is 0.328 e. The summed E-state index contributed by atoms with van der Waals surface area (Å²) in [5.41, 5.74) is 6.69. The summed E-state index contributed by atoms with van der Waals surface area (Å²) in [6.45, 7) is 4.95. The molecule has 0 saturated carbocycles. The van der Waals surface area contributed by atoms with Crippen molar-refractivity contribution in [3.8, 4) is 5.75 Å². The Morgan fingerprint density at radius 3 is 2.03 bits per heavy atom. The molecule has 0 saturated heterocycles. The van der Waals surface area contributed by atoms with Gasteiger partial charge in [0.25, 0.3) is 0 Å². The van der Waals surface area contributed by atoms with Crippen LogP contribution in [0.5, 0.6) is 5.75 Å². The molecule has 1 rings (SSSR count). The van der Waals surface area contributed by atoms with Crippen molar-refractivity contribution in [2.45, 2.75) is 70.3 Å². The maximum atomic E-state index is 13.3. The number of nitrogens with two attached hydrogens (primary N) is 1. The minimum absolute atomic E-state index is 0.0440. The lowest BCUT2D eigenvalue weighted by atomic mass is 9.98. The first-order valence-corrected chi connectivity index (χ1v) is 13.1. The minimum Gasteiger partial charge on any atom is -0.508 e. The summed E-state index contributed by atoms with van der Waals surface area (Å²) in [5.74, 6) is -2.95. The van der Waals surface area contributed by atoms with Crippen LogP contribution in [0.15, 0.2) is 24.3 Å². The molecule has 0 aliphatic carbocycles. The number of nitrogens with one attached hydrogen (secondary N) is 3. The zero-order valence-electron chi connectivity index (χ0n) is 21.1. The number of amides is 3. The highest BCUT2D eigenvalue weighted by atomic mass is 32.2. The van der Waals surface area contributed by atoms with Gasteiger partial charge in [0.1, 0.15) is 17.8 Å². The molecule has 6 unspecified atom stereocenters. The van der Waals surface area contributed by atoms with Crippen LogP contribution in [0, 0.1) is 5.92 Å². The van der Waals surface area contributed by atoms with Crippen LogP contribution in [0.2, 0.25) is 0 Å². The van der Waals surface area contributed by atoms with Gasteiger partial charge in [-0.25, -0.2) is 4.79 Å². The Kier molecular flexibility index (Phi) is 13.3. The van der Waals surface area contributed by atoms with Crippen LogP contribution in [-0.2, 0) is 25.6 Å². The Balaban J connectivity index is 3.14. The number of aliphatic hydroxyl groups excluding tert-OH is 1. The lowest BCUT2D eigenvalue weighted by Gasteiger charge is -2.26. The fraction of sp³-hybridized carbons (Fsp3) is 0.583. The molecule has 0 aliphatic rings. The van der Waals surface area contributed by atoms with E-state index in [9.17, 15) is 34.5 Å². The highest BCUT2D eigenvalue weighted by Crippen LogP contribution is 2.13. The van der Waals surface area contributed by atoms with E-state index in [2.05, 4.69) is 16.0 Å². The molecular weight excluding hydrogens is 488 g/mol. The second kappa shape index (κ2) is 15.3. The maximum absolute atomic E-state index is 13.3. The van der Waals surface area contributed by atoms with E-state index in [-0.39, 0.29) is 24.5 Å². The lowest BCUT2D eigenvalue weighted by molar-refractivity contribution is -0.145. The number of carbonyl (C=O) groups excluding carboxylic acids is 3. The van der Waals surface area contributed by atoms with Crippen molar-refractivity contribution < 1.29 is 34.5 Å². The number of phenols is 1. The number of rotatable bonds is 15. The van der Waals surface area contributed by atoms with E-state index in [4.69, 9.17) is 5.73 Å². The van der Waals surface area contributed by atoms with Gasteiger partial charge in [-0.15, -0.1) is 0 Å². The Hall–Kier alpha value is -2.83. The summed E-state index contributed by atoms with van der Waals surface area (Å²) in [6.07, 6.45) is 1.38. The van der Waals surface area contributed by atoms with Crippen molar-refractivity contribution in [1.82, 2.24) is 16.0 Å². The molecule has 1 aromatic carbocycles. The number of aliphatic hydroxyl groups is 1. The Morgan fingerprint density at radius 1 is 0.972 bits per heavy atom. The standard InChI is InChI=1S/C24H38N4O7S/c1-5-13(2)19(25)23(33)27-18(12-15-6-8-16(30)9-7-15)22(32)26-17(10-11-36-4)21(31)28-20(14(3)29)24(34)35/h6-9,13-14,17-20,29-30H,5,10-12,25H2,1-4H3,(H,26,32)(H,27,33)(H,28,31)(H,34,35). The Bertz CT molecular complexity index is 882. The maximum Gasteiger partial charge on any atom is 0.328 e. The Morgan fingerprint density at radius 2 is 1.53 bits per heavy atom. The first kappa shape index (κ1) is 31.2. The molecular formula is C24H38N4O7S. The quantitative estimate of drug-likeness (QED) is 0.165. The highest BCUT2D eigenvalue weighted by molar-refractivity contribution is 7.98. The predicted molar refractivity (Wildman–Crippen MR) is 137 cm³/mol. The van der Waals surface area contributed by atoms with Gasteiger partial charge in [0.2, 0.25) is 17.7 Å². The van der Waals surface area contributed by atoms with E-state index < -0.39 is 54.0 Å². The number of carboxylic acid groups (broad SMARTS) is 1. The van der Waals surface area contributed by atoms with Gasteiger partial charge in [-0.05, 0) is 49.0 Å². The monoisotopic (exact) mass is 526 g/mol. The van der Waals surface area contributed by atoms with Gasteiger partial charge in [-0.3, -0.25) is 14.4 Å². The molecule has 0 spiro atoms. The number of benzene rings is 1. The van der Waals surface area contributed by atoms with Gasteiger partial charge < -0.3 is 37.0 Å². The van der Waals surface area contributed by atoms with Crippen LogP contribution in [0.25, 0.3) is 0 Å². The molecule has 6 atom stereocenters. The van der Waals surface area contributed by atoms with Crippen LogP contribution in [0.1, 0.15) is 39.2 Å². The fourth-order valence-corrected chi connectivity index (χ4v) is 3.75.